The fourth-order valence-corrected chi connectivity index (χ4v) is 1.41. The minimum Gasteiger partial charge on any atom is -0.325 e. The lowest BCUT2D eigenvalue weighted by molar-refractivity contribution is 0.764. The summed E-state index contributed by atoms with van der Waals surface area (Å²) >= 11 is 5.74. The molecule has 0 bridgehead atoms. The van der Waals surface area contributed by atoms with Crippen molar-refractivity contribution in [2.75, 3.05) is 5.32 Å². The Balaban J connectivity index is 2.25. The Morgan fingerprint density at radius 2 is 2.13 bits per heavy atom. The summed E-state index contributed by atoms with van der Waals surface area (Å²) in [7, 11) is 1.86. The number of hydrogen-bond acceptors (Lipinski definition) is 4. The van der Waals surface area contributed by atoms with Crippen molar-refractivity contribution in [3.63, 3.8) is 0 Å². The van der Waals surface area contributed by atoms with Crippen molar-refractivity contribution in [2.24, 2.45) is 7.05 Å². The second-order valence-corrected chi connectivity index (χ2v) is 3.53. The van der Waals surface area contributed by atoms with Gasteiger partial charge >= 0.3 is 0 Å². The molecule has 1 N–H and O–H groups in total. The van der Waals surface area contributed by atoms with E-state index in [9.17, 15) is 0 Å². The number of aromatic nitrogens is 4. The average molecular weight is 224 g/mol. The van der Waals surface area contributed by atoms with E-state index in [0.29, 0.717) is 11.0 Å². The minimum absolute atomic E-state index is 0.409. The van der Waals surface area contributed by atoms with Gasteiger partial charge in [-0.2, -0.15) is 5.10 Å². The largest absolute Gasteiger partial charge is 0.325 e. The van der Waals surface area contributed by atoms with Crippen LogP contribution in [-0.2, 0) is 7.05 Å². The molecule has 0 aromatic carbocycles. The summed E-state index contributed by atoms with van der Waals surface area (Å²) in [4.78, 5) is 7.84. The third-order valence-corrected chi connectivity index (χ3v) is 2.10. The topological polar surface area (TPSA) is 55.6 Å². The Morgan fingerprint density at radius 1 is 1.33 bits per heavy atom. The highest BCUT2D eigenvalue weighted by molar-refractivity contribution is 6.29. The Kier molecular flexibility index (Phi) is 2.55. The molecule has 0 unspecified atom stereocenters. The van der Waals surface area contributed by atoms with Crippen molar-refractivity contribution in [1.82, 2.24) is 19.7 Å². The number of hydrogen-bond donors (Lipinski definition) is 1. The molecule has 5 nitrogen and oxygen atoms in total. The van der Waals surface area contributed by atoms with Gasteiger partial charge in [-0.1, -0.05) is 11.6 Å². The zero-order valence-corrected chi connectivity index (χ0v) is 9.15. The van der Waals surface area contributed by atoms with E-state index < -0.39 is 0 Å². The number of nitrogens with zero attached hydrogens (tertiary/aromatic N) is 4. The third kappa shape index (κ3) is 2.24. The molecule has 0 radical (unpaired) electrons. The van der Waals surface area contributed by atoms with Gasteiger partial charge in [0.15, 0.2) is 0 Å². The highest BCUT2D eigenvalue weighted by Gasteiger charge is 2.03. The Bertz CT molecular complexity index is 479. The highest BCUT2D eigenvalue weighted by Crippen LogP contribution is 2.16. The summed E-state index contributed by atoms with van der Waals surface area (Å²) in [6.07, 6.45) is 1.41. The molecule has 0 aliphatic rings. The fraction of sp³-hybridized carbons (Fsp3) is 0.222. The van der Waals surface area contributed by atoms with Crippen LogP contribution in [-0.4, -0.2) is 19.7 Å². The van der Waals surface area contributed by atoms with E-state index >= 15 is 0 Å². The number of rotatable bonds is 2. The molecule has 0 spiro atoms. The molecular formula is C9H10ClN5. The van der Waals surface area contributed by atoms with Crippen LogP contribution in [0, 0.1) is 6.92 Å². The van der Waals surface area contributed by atoms with Crippen LogP contribution in [0.4, 0.5) is 11.6 Å². The SMILES string of the molecule is Cc1cc(Nc2cc(Cl)ncn2)n(C)n1. The lowest BCUT2D eigenvalue weighted by atomic mass is 10.4. The van der Waals surface area contributed by atoms with Gasteiger partial charge in [0.1, 0.15) is 23.1 Å². The molecular weight excluding hydrogens is 214 g/mol. The first-order valence-corrected chi connectivity index (χ1v) is 4.78. The summed E-state index contributed by atoms with van der Waals surface area (Å²) < 4.78 is 1.74. The zero-order chi connectivity index (χ0) is 10.8. The van der Waals surface area contributed by atoms with Crippen LogP contribution >= 0.6 is 11.6 Å². The molecule has 2 rings (SSSR count). The zero-order valence-electron chi connectivity index (χ0n) is 8.40. The van der Waals surface area contributed by atoms with Crippen LogP contribution in [0.5, 0.6) is 0 Å². The second kappa shape index (κ2) is 3.86. The Morgan fingerprint density at radius 3 is 2.73 bits per heavy atom. The van der Waals surface area contributed by atoms with Gasteiger partial charge < -0.3 is 5.32 Å². The molecule has 0 saturated carbocycles. The van der Waals surface area contributed by atoms with Crippen LogP contribution < -0.4 is 5.32 Å². The van der Waals surface area contributed by atoms with Gasteiger partial charge in [0.05, 0.1) is 5.69 Å². The van der Waals surface area contributed by atoms with Gasteiger partial charge in [-0.25, -0.2) is 9.97 Å². The summed E-state index contributed by atoms with van der Waals surface area (Å²) in [5.41, 5.74) is 0.945. The first kappa shape index (κ1) is 9.92. The van der Waals surface area contributed by atoms with E-state index in [2.05, 4.69) is 20.4 Å². The molecule has 6 heteroatoms. The van der Waals surface area contributed by atoms with Gasteiger partial charge in [-0.3, -0.25) is 4.68 Å². The number of anilines is 2. The Hall–Kier alpha value is -1.62. The maximum atomic E-state index is 5.74. The van der Waals surface area contributed by atoms with Crippen molar-refractivity contribution >= 4 is 23.2 Å². The number of nitrogens with one attached hydrogen (secondary N) is 1. The second-order valence-electron chi connectivity index (χ2n) is 3.15. The quantitative estimate of drug-likeness (QED) is 0.791. The van der Waals surface area contributed by atoms with Crippen LogP contribution in [0.25, 0.3) is 0 Å². The van der Waals surface area contributed by atoms with Crippen molar-refractivity contribution in [3.8, 4) is 0 Å². The van der Waals surface area contributed by atoms with Gasteiger partial charge in [0, 0.05) is 19.2 Å². The van der Waals surface area contributed by atoms with Gasteiger partial charge in [-0.15, -0.1) is 0 Å². The standard InChI is InChI=1S/C9H10ClN5/c1-6-3-9(15(2)14-6)13-8-4-7(10)11-5-12-8/h3-5H,1-2H3,(H,11,12,13). The maximum Gasteiger partial charge on any atom is 0.136 e. The van der Waals surface area contributed by atoms with Crippen LogP contribution in [0.15, 0.2) is 18.5 Å². The van der Waals surface area contributed by atoms with Crippen molar-refractivity contribution in [3.05, 3.63) is 29.3 Å². The molecule has 0 saturated heterocycles. The number of halogens is 1. The van der Waals surface area contributed by atoms with Gasteiger partial charge in [0.2, 0.25) is 0 Å². The summed E-state index contributed by atoms with van der Waals surface area (Å²) in [6.45, 7) is 1.93. The first-order chi connectivity index (χ1) is 7.15. The lowest BCUT2D eigenvalue weighted by Crippen LogP contribution is -2.00. The number of aryl methyl sites for hydroxylation is 2. The van der Waals surface area contributed by atoms with Gasteiger partial charge in [-0.05, 0) is 6.92 Å². The summed E-state index contributed by atoms with van der Waals surface area (Å²) in [5.74, 6) is 1.51. The summed E-state index contributed by atoms with van der Waals surface area (Å²) in [5, 5.41) is 7.71. The average Bonchev–Trinajstić information content (AvgIpc) is 2.45. The lowest BCUT2D eigenvalue weighted by Gasteiger charge is -2.04. The summed E-state index contributed by atoms with van der Waals surface area (Å²) in [6, 6.07) is 3.58. The molecule has 0 fully saturated rings. The molecule has 15 heavy (non-hydrogen) atoms. The van der Waals surface area contributed by atoms with Crippen LogP contribution in [0.3, 0.4) is 0 Å². The van der Waals surface area contributed by atoms with Crippen molar-refractivity contribution < 1.29 is 0 Å². The molecule has 78 valence electrons. The predicted octanol–water partition coefficient (Wildman–Crippen LogP) is 1.92. The smallest absolute Gasteiger partial charge is 0.136 e. The predicted molar refractivity (Wildman–Crippen MR) is 58.3 cm³/mol. The molecule has 2 aromatic heterocycles. The van der Waals surface area contributed by atoms with E-state index in [0.717, 1.165) is 11.5 Å². The van der Waals surface area contributed by atoms with Gasteiger partial charge in [0.25, 0.3) is 0 Å². The monoisotopic (exact) mass is 223 g/mol. The van der Waals surface area contributed by atoms with E-state index in [4.69, 9.17) is 11.6 Å². The van der Waals surface area contributed by atoms with E-state index in [1.54, 1.807) is 10.7 Å². The van der Waals surface area contributed by atoms with Crippen LogP contribution in [0.1, 0.15) is 5.69 Å². The van der Waals surface area contributed by atoms with E-state index in [-0.39, 0.29) is 0 Å². The molecule has 0 atom stereocenters. The molecule has 2 aromatic rings. The molecule has 2 heterocycles. The van der Waals surface area contributed by atoms with Crippen molar-refractivity contribution in [1.29, 1.82) is 0 Å². The van der Waals surface area contributed by atoms with E-state index in [1.807, 2.05) is 20.0 Å². The molecule has 0 aliphatic carbocycles. The molecule has 0 amide bonds. The highest BCUT2D eigenvalue weighted by atomic mass is 35.5. The third-order valence-electron chi connectivity index (χ3n) is 1.89. The first-order valence-electron chi connectivity index (χ1n) is 4.40. The maximum absolute atomic E-state index is 5.74. The fourth-order valence-electron chi connectivity index (χ4n) is 1.26. The van der Waals surface area contributed by atoms with Crippen LogP contribution in [0.2, 0.25) is 5.15 Å². The Labute approximate surface area is 92.1 Å². The van der Waals surface area contributed by atoms with E-state index in [1.165, 1.54) is 6.33 Å². The normalized spacial score (nSPS) is 10.3. The molecule has 0 aliphatic heterocycles. The van der Waals surface area contributed by atoms with Crippen molar-refractivity contribution in [2.45, 2.75) is 6.92 Å². The minimum atomic E-state index is 0.409.